The average Bonchev–Trinajstić information content (AvgIpc) is 3.65. The Morgan fingerprint density at radius 3 is 1.44 bits per heavy atom. The van der Waals surface area contributed by atoms with E-state index in [1.165, 1.54) is 38.1 Å². The van der Waals surface area contributed by atoms with Crippen LogP contribution in [0.4, 0.5) is 0 Å². The number of hydrogen-bond acceptors (Lipinski definition) is 17. The third kappa shape index (κ3) is 28.4. The van der Waals surface area contributed by atoms with E-state index >= 15 is 0 Å². The number of aliphatic hydroxyl groups excluding tert-OH is 1. The highest BCUT2D eigenvalue weighted by Gasteiger charge is 2.38. The number of hydrogen-bond donors (Lipinski definition) is 13. The lowest BCUT2D eigenvalue weighted by molar-refractivity contribution is -0.149. The molecule has 2 aromatic carbocycles. The first-order valence-electron chi connectivity index (χ1n) is 30.0. The van der Waals surface area contributed by atoms with Crippen molar-refractivity contribution in [3.8, 4) is 5.75 Å². The fourth-order valence-corrected chi connectivity index (χ4v) is 10.0. The number of nitrogens with two attached hydrogens (primary N) is 2. The predicted molar refractivity (Wildman–Crippen MR) is 324 cm³/mol. The van der Waals surface area contributed by atoms with Crippen LogP contribution in [0.25, 0.3) is 0 Å². The second-order valence-electron chi connectivity index (χ2n) is 24.3. The van der Waals surface area contributed by atoms with Crippen LogP contribution in [0, 0.1) is 47.3 Å². The van der Waals surface area contributed by atoms with Gasteiger partial charge in [0.25, 0.3) is 0 Å². The summed E-state index contributed by atoms with van der Waals surface area (Å²) in [6, 6.07) is 6.56. The molecule has 0 aliphatic rings. The second kappa shape index (κ2) is 38.2. The SMILES string of the molecule is CC(C)C[C@H](NC(=O)[C@H](CC(N)=O)CC(=O)[C@@H](NC(=O)[C@@H](N)CCC(=O)O)C(C)C)[C@@H](O)C[C@@H](C)C(=O)N[C@H](C(=O)C[C@@H](Cc1ccccc1)C(=O)N[C@@H](Cc1ccc(O)cc1)C(=O)C[C@@H](C)C(=O)N[C@@H](CCC(=O)O)C(=O)C[C@@H](CC(=O)O)C(=O)O)C(C)C. The number of aliphatic hydroxyl groups is 1. The maximum Gasteiger partial charge on any atom is 0.307 e. The summed E-state index contributed by atoms with van der Waals surface area (Å²) in [4.78, 5) is 183. The molecule has 0 heterocycles. The molecule has 0 aromatic heterocycles. The monoisotopic (exact) mass is 1270 g/mol. The Morgan fingerprint density at radius 1 is 0.456 bits per heavy atom. The number of aliphatic carboxylic acids is 4. The smallest absolute Gasteiger partial charge is 0.307 e. The van der Waals surface area contributed by atoms with Crippen LogP contribution in [0.3, 0.4) is 0 Å². The van der Waals surface area contributed by atoms with Gasteiger partial charge in [-0.2, -0.15) is 0 Å². The van der Waals surface area contributed by atoms with Gasteiger partial charge in [0, 0.05) is 62.7 Å². The van der Waals surface area contributed by atoms with E-state index in [0.717, 1.165) is 0 Å². The summed E-state index contributed by atoms with van der Waals surface area (Å²) < 4.78 is 0. The number of carboxylic acid groups (broad SMARTS) is 4. The minimum atomic E-state index is -1.69. The molecule has 6 amide bonds. The highest BCUT2D eigenvalue weighted by molar-refractivity contribution is 5.98. The van der Waals surface area contributed by atoms with Crippen molar-refractivity contribution in [1.29, 1.82) is 0 Å². The molecule has 27 heteroatoms. The summed E-state index contributed by atoms with van der Waals surface area (Å²) in [5, 5.41) is 71.9. The Bertz CT molecular complexity index is 2830. The van der Waals surface area contributed by atoms with Crippen LogP contribution in [0.2, 0.25) is 0 Å². The summed E-state index contributed by atoms with van der Waals surface area (Å²) in [7, 11) is 0. The number of ketones is 4. The van der Waals surface area contributed by atoms with E-state index in [9.17, 15) is 92.7 Å². The number of nitrogens with one attached hydrogen (secondary N) is 5. The fraction of sp³-hybridized carbons (Fsp3) is 0.587. The van der Waals surface area contributed by atoms with Crippen molar-refractivity contribution in [3.63, 3.8) is 0 Å². The zero-order valence-electron chi connectivity index (χ0n) is 52.3. The number of phenols is 1. The molecule has 2 rings (SSSR count). The Labute approximate surface area is 523 Å². The Hall–Kier alpha value is -8.46. The Balaban J connectivity index is 2.42. The van der Waals surface area contributed by atoms with E-state index in [-0.39, 0.29) is 43.8 Å². The largest absolute Gasteiger partial charge is 0.508 e. The van der Waals surface area contributed by atoms with Gasteiger partial charge in [-0.1, -0.05) is 97.9 Å². The lowest BCUT2D eigenvalue weighted by Gasteiger charge is -2.30. The van der Waals surface area contributed by atoms with Gasteiger partial charge < -0.3 is 68.7 Å². The number of aromatic hydroxyl groups is 1. The molecule has 498 valence electrons. The predicted octanol–water partition coefficient (Wildman–Crippen LogP) is 2.16. The van der Waals surface area contributed by atoms with Crippen LogP contribution in [-0.4, -0.2) is 155 Å². The van der Waals surface area contributed by atoms with Crippen molar-refractivity contribution >= 4 is 82.5 Å². The van der Waals surface area contributed by atoms with E-state index in [2.05, 4.69) is 26.6 Å². The molecular weight excluding hydrogens is 1170 g/mol. The van der Waals surface area contributed by atoms with Crippen molar-refractivity contribution < 1.29 is 97.8 Å². The van der Waals surface area contributed by atoms with Crippen LogP contribution >= 0.6 is 0 Å². The molecule has 2 aromatic rings. The van der Waals surface area contributed by atoms with Gasteiger partial charge in [0.05, 0.1) is 60.6 Å². The first-order chi connectivity index (χ1) is 42.0. The van der Waals surface area contributed by atoms with Gasteiger partial charge in [-0.05, 0) is 79.5 Å². The second-order valence-corrected chi connectivity index (χ2v) is 24.3. The van der Waals surface area contributed by atoms with Gasteiger partial charge in [-0.3, -0.25) is 67.1 Å². The molecule has 27 nitrogen and oxygen atoms in total. The van der Waals surface area contributed by atoms with Gasteiger partial charge >= 0.3 is 23.9 Å². The van der Waals surface area contributed by atoms with Crippen LogP contribution in [0.15, 0.2) is 54.6 Å². The number of carboxylic acids is 4. The third-order valence-electron chi connectivity index (χ3n) is 15.2. The number of rotatable bonds is 44. The lowest BCUT2D eigenvalue weighted by Crippen LogP contribution is -2.52. The van der Waals surface area contributed by atoms with Gasteiger partial charge in [0.2, 0.25) is 35.4 Å². The van der Waals surface area contributed by atoms with Crippen molar-refractivity contribution in [2.75, 3.05) is 0 Å². The molecule has 0 aliphatic heterocycles. The standard InChI is InChI=1S/C63H91N7O20/c1-32(2)22-45(67-61(87)40(30-52(65)77)28-51(76)57(34(5)6)70-62(88)43(64)18-20-53(78)79)47(72)24-36(8)59(85)69-56(33(3)4)50(75)27-39(25-37-12-10-9-11-13-37)60(86)68-46(26-38-14-16-42(71)17-15-38)48(73)23-35(7)58(84)66-44(19-21-54(80)81)49(74)29-41(63(89)90)31-55(82)83/h9-17,32-36,39-41,43-47,56-57,71-72H,18-31,64H2,1-8H3,(H2,65,77)(H,66,84)(H,67,87)(H,68,86)(H,69,85)(H,70,88)(H,78,79)(H,80,81)(H,82,83)(H,89,90)/t35-,36-,39-,40+,41+,43+,44+,45+,46+,47+,56+,57+/m1/s1. The zero-order chi connectivity index (χ0) is 68.3. The van der Waals surface area contributed by atoms with E-state index in [0.29, 0.717) is 11.1 Å². The van der Waals surface area contributed by atoms with Crippen molar-refractivity contribution in [2.24, 2.45) is 58.8 Å². The molecule has 0 spiro atoms. The molecule has 0 bridgehead atoms. The quantitative estimate of drug-likeness (QED) is 0.0452. The number of phenolic OH excluding ortho intramolecular Hbond substituents is 1. The molecule has 15 N–H and O–H groups in total. The van der Waals surface area contributed by atoms with Crippen LogP contribution in [-0.2, 0) is 80.0 Å². The van der Waals surface area contributed by atoms with E-state index in [1.54, 1.807) is 71.9 Å². The summed E-state index contributed by atoms with van der Waals surface area (Å²) in [6.07, 6.45) is -7.55. The van der Waals surface area contributed by atoms with E-state index in [1.807, 2.05) is 0 Å². The molecule has 0 saturated heterocycles. The minimum Gasteiger partial charge on any atom is -0.508 e. The number of Topliss-reactive ketones (excluding diaryl/α,β-unsaturated/α-hetero) is 4. The van der Waals surface area contributed by atoms with Gasteiger partial charge in [0.1, 0.15) is 5.75 Å². The average molecular weight is 1270 g/mol. The molecule has 0 unspecified atom stereocenters. The molecule has 12 atom stereocenters. The zero-order valence-corrected chi connectivity index (χ0v) is 52.3. The van der Waals surface area contributed by atoms with Crippen LogP contribution < -0.4 is 38.1 Å². The highest BCUT2D eigenvalue weighted by atomic mass is 16.4. The number of primary amides is 1. The van der Waals surface area contributed by atoms with Crippen LogP contribution in [0.1, 0.15) is 144 Å². The van der Waals surface area contributed by atoms with Crippen molar-refractivity contribution in [3.05, 3.63) is 65.7 Å². The summed E-state index contributed by atoms with van der Waals surface area (Å²) in [5.74, 6) is -21.4. The van der Waals surface area contributed by atoms with Gasteiger partial charge in [0.15, 0.2) is 23.1 Å². The first kappa shape index (κ1) is 77.6. The number of carbonyl (C=O) groups excluding carboxylic acids is 10. The number of benzene rings is 2. The minimum absolute atomic E-state index is 0.0448. The van der Waals surface area contributed by atoms with Gasteiger partial charge in [-0.25, -0.2) is 0 Å². The first-order valence-corrected chi connectivity index (χ1v) is 30.0. The molecule has 0 fully saturated rings. The Kier molecular flexibility index (Phi) is 32.9. The topological polar surface area (TPSA) is 473 Å². The van der Waals surface area contributed by atoms with E-state index < -0.39 is 224 Å². The summed E-state index contributed by atoms with van der Waals surface area (Å²) in [6.45, 7) is 13.0. The molecule has 0 radical (unpaired) electrons. The fourth-order valence-electron chi connectivity index (χ4n) is 10.0. The lowest BCUT2D eigenvalue weighted by atomic mass is 9.87. The maximum absolute atomic E-state index is 14.7. The van der Waals surface area contributed by atoms with Crippen molar-refractivity contribution in [2.45, 2.75) is 188 Å². The highest BCUT2D eigenvalue weighted by Crippen LogP contribution is 2.24. The molecule has 0 saturated carbocycles. The molecular formula is C63H91N7O20. The Morgan fingerprint density at radius 2 is 0.933 bits per heavy atom. The molecule has 0 aliphatic carbocycles. The maximum atomic E-state index is 14.7. The third-order valence-corrected chi connectivity index (χ3v) is 15.2. The molecule has 90 heavy (non-hydrogen) atoms. The normalized spacial score (nSPS) is 15.4. The van der Waals surface area contributed by atoms with Crippen LogP contribution in [0.5, 0.6) is 5.75 Å². The number of amides is 6. The summed E-state index contributed by atoms with van der Waals surface area (Å²) in [5.41, 5.74) is 12.4. The summed E-state index contributed by atoms with van der Waals surface area (Å²) >= 11 is 0. The van der Waals surface area contributed by atoms with Gasteiger partial charge in [-0.15, -0.1) is 0 Å². The van der Waals surface area contributed by atoms with Crippen molar-refractivity contribution in [1.82, 2.24) is 26.6 Å². The number of carbonyl (C=O) groups is 14. The van der Waals surface area contributed by atoms with E-state index in [4.69, 9.17) is 16.6 Å².